The van der Waals surface area contributed by atoms with Crippen LogP contribution in [0.15, 0.2) is 0 Å². The van der Waals surface area contributed by atoms with E-state index in [9.17, 15) is 9.59 Å². The summed E-state index contributed by atoms with van der Waals surface area (Å²) in [5.74, 6) is 0.387. The van der Waals surface area contributed by atoms with Crippen molar-refractivity contribution < 1.29 is 9.59 Å². The molecule has 2 rings (SSSR count). The second kappa shape index (κ2) is 8.30. The predicted molar refractivity (Wildman–Crippen MR) is 95.5 cm³/mol. The third-order valence-corrected chi connectivity index (χ3v) is 5.67. The fraction of sp³-hybridized carbons (Fsp3) is 0.889. The van der Waals surface area contributed by atoms with Crippen molar-refractivity contribution in [2.45, 2.75) is 64.5 Å². The molecule has 0 aromatic rings. The Balaban J connectivity index is 1.90. The third-order valence-electron chi connectivity index (χ3n) is 5.67. The molecule has 3 N–H and O–H groups in total. The fourth-order valence-electron chi connectivity index (χ4n) is 4.01. The van der Waals surface area contributed by atoms with E-state index in [4.69, 9.17) is 5.73 Å². The maximum absolute atomic E-state index is 12.3. The number of carbonyl (C=O) groups is 2. The van der Waals surface area contributed by atoms with Crippen molar-refractivity contribution >= 4 is 11.8 Å². The van der Waals surface area contributed by atoms with Crippen molar-refractivity contribution in [1.29, 1.82) is 0 Å². The normalized spacial score (nSPS) is 23.8. The number of carbonyl (C=O) groups excluding carboxylic acids is 2. The molecule has 0 radical (unpaired) electrons. The number of rotatable bonds is 6. The van der Waals surface area contributed by atoms with Crippen molar-refractivity contribution in [2.24, 2.45) is 11.7 Å². The van der Waals surface area contributed by atoms with Crippen LogP contribution in [0.2, 0.25) is 0 Å². The van der Waals surface area contributed by atoms with Crippen LogP contribution in [0.3, 0.4) is 0 Å². The average Bonchev–Trinajstić information content (AvgIpc) is 2.59. The van der Waals surface area contributed by atoms with E-state index in [-0.39, 0.29) is 17.9 Å². The number of nitrogens with one attached hydrogen (secondary N) is 1. The van der Waals surface area contributed by atoms with E-state index in [0.29, 0.717) is 12.5 Å². The molecule has 1 heterocycles. The van der Waals surface area contributed by atoms with Gasteiger partial charge in [0.15, 0.2) is 0 Å². The third kappa shape index (κ3) is 4.28. The van der Waals surface area contributed by atoms with Gasteiger partial charge in [-0.05, 0) is 25.7 Å². The molecule has 24 heavy (non-hydrogen) atoms. The summed E-state index contributed by atoms with van der Waals surface area (Å²) in [7, 11) is 0. The molecule has 1 saturated carbocycles. The summed E-state index contributed by atoms with van der Waals surface area (Å²) in [6.45, 7) is 10.1. The predicted octanol–water partition coefficient (Wildman–Crippen LogP) is 0.953. The molecule has 1 aliphatic carbocycles. The summed E-state index contributed by atoms with van der Waals surface area (Å²) in [4.78, 5) is 28.9. The standard InChI is InChI=1S/C18H34N4O2/c1-14(2)13-20-16(23)15(3)21-9-11-22(12-10-21)18(17(19)24)7-5-4-6-8-18/h14-15H,4-13H2,1-3H3,(H2,19,24)(H,20,23)/t15-/m0/s1. The molecule has 0 spiro atoms. The molecular formula is C18H34N4O2. The minimum Gasteiger partial charge on any atom is -0.368 e. The molecule has 2 amide bonds. The first kappa shape index (κ1) is 19.2. The smallest absolute Gasteiger partial charge is 0.237 e. The molecule has 1 atom stereocenters. The number of primary amides is 1. The molecule has 0 unspecified atom stereocenters. The highest BCUT2D eigenvalue weighted by molar-refractivity contribution is 5.85. The SMILES string of the molecule is CC(C)CNC(=O)[C@H](C)N1CCN(C2(C(N)=O)CCCCC2)CC1. The van der Waals surface area contributed by atoms with Crippen LogP contribution in [0.4, 0.5) is 0 Å². The van der Waals surface area contributed by atoms with Gasteiger partial charge in [-0.3, -0.25) is 19.4 Å². The summed E-state index contributed by atoms with van der Waals surface area (Å²) < 4.78 is 0. The number of nitrogens with zero attached hydrogens (tertiary/aromatic N) is 2. The quantitative estimate of drug-likeness (QED) is 0.756. The Morgan fingerprint density at radius 3 is 2.12 bits per heavy atom. The van der Waals surface area contributed by atoms with Gasteiger partial charge in [-0.25, -0.2) is 0 Å². The van der Waals surface area contributed by atoms with E-state index in [1.807, 2.05) is 6.92 Å². The highest BCUT2D eigenvalue weighted by atomic mass is 16.2. The molecule has 2 aliphatic rings. The Morgan fingerprint density at radius 2 is 1.62 bits per heavy atom. The lowest BCUT2D eigenvalue weighted by Gasteiger charge is -2.48. The van der Waals surface area contributed by atoms with Gasteiger partial charge in [-0.15, -0.1) is 0 Å². The van der Waals surface area contributed by atoms with Crippen LogP contribution in [-0.2, 0) is 9.59 Å². The monoisotopic (exact) mass is 338 g/mol. The fourth-order valence-corrected chi connectivity index (χ4v) is 4.01. The van der Waals surface area contributed by atoms with Crippen LogP contribution < -0.4 is 11.1 Å². The lowest BCUT2D eigenvalue weighted by Crippen LogP contribution is -2.64. The van der Waals surface area contributed by atoms with Gasteiger partial charge in [0.05, 0.1) is 6.04 Å². The number of nitrogens with two attached hydrogens (primary N) is 1. The highest BCUT2D eigenvalue weighted by Gasteiger charge is 2.44. The van der Waals surface area contributed by atoms with Crippen molar-refractivity contribution in [3.8, 4) is 0 Å². The van der Waals surface area contributed by atoms with E-state index in [1.165, 1.54) is 6.42 Å². The van der Waals surface area contributed by atoms with Gasteiger partial charge >= 0.3 is 0 Å². The maximum Gasteiger partial charge on any atom is 0.237 e. The molecule has 138 valence electrons. The molecular weight excluding hydrogens is 304 g/mol. The lowest BCUT2D eigenvalue weighted by molar-refractivity contribution is -0.136. The number of amides is 2. The topological polar surface area (TPSA) is 78.7 Å². The highest BCUT2D eigenvalue weighted by Crippen LogP contribution is 2.34. The van der Waals surface area contributed by atoms with Crippen LogP contribution in [0.25, 0.3) is 0 Å². The van der Waals surface area contributed by atoms with E-state index >= 15 is 0 Å². The lowest BCUT2D eigenvalue weighted by atomic mass is 9.79. The first-order chi connectivity index (χ1) is 11.4. The largest absolute Gasteiger partial charge is 0.368 e. The Hall–Kier alpha value is -1.14. The summed E-state index contributed by atoms with van der Waals surface area (Å²) in [6.07, 6.45) is 5.12. The molecule has 1 saturated heterocycles. The summed E-state index contributed by atoms with van der Waals surface area (Å²) >= 11 is 0. The van der Waals surface area contributed by atoms with Crippen molar-refractivity contribution in [1.82, 2.24) is 15.1 Å². The zero-order valence-electron chi connectivity index (χ0n) is 15.5. The van der Waals surface area contributed by atoms with Crippen LogP contribution in [0.5, 0.6) is 0 Å². The number of hydrogen-bond acceptors (Lipinski definition) is 4. The van der Waals surface area contributed by atoms with Crippen molar-refractivity contribution in [2.75, 3.05) is 32.7 Å². The van der Waals surface area contributed by atoms with Crippen molar-refractivity contribution in [3.63, 3.8) is 0 Å². The zero-order chi connectivity index (χ0) is 17.7. The minimum atomic E-state index is -0.451. The van der Waals surface area contributed by atoms with Crippen LogP contribution in [0, 0.1) is 5.92 Å². The Kier molecular flexibility index (Phi) is 6.63. The number of piperazine rings is 1. The Labute approximate surface area is 146 Å². The maximum atomic E-state index is 12.3. The molecule has 0 bridgehead atoms. The zero-order valence-corrected chi connectivity index (χ0v) is 15.5. The van der Waals surface area contributed by atoms with Gasteiger partial charge in [-0.2, -0.15) is 0 Å². The molecule has 2 fully saturated rings. The summed E-state index contributed by atoms with van der Waals surface area (Å²) in [5, 5.41) is 3.01. The van der Waals surface area contributed by atoms with Gasteiger partial charge in [0.1, 0.15) is 5.54 Å². The van der Waals surface area contributed by atoms with E-state index < -0.39 is 5.54 Å². The Morgan fingerprint density at radius 1 is 1.04 bits per heavy atom. The van der Waals surface area contributed by atoms with E-state index in [1.54, 1.807) is 0 Å². The first-order valence-corrected chi connectivity index (χ1v) is 9.43. The summed E-state index contributed by atoms with van der Waals surface area (Å²) in [6, 6.07) is -0.123. The van der Waals surface area contributed by atoms with Gasteiger partial charge < -0.3 is 11.1 Å². The molecule has 6 nitrogen and oxygen atoms in total. The van der Waals surface area contributed by atoms with Crippen LogP contribution in [-0.4, -0.2) is 65.9 Å². The van der Waals surface area contributed by atoms with Crippen LogP contribution >= 0.6 is 0 Å². The molecule has 0 aromatic carbocycles. The van der Waals surface area contributed by atoms with Gasteiger partial charge in [-0.1, -0.05) is 33.1 Å². The molecule has 1 aliphatic heterocycles. The first-order valence-electron chi connectivity index (χ1n) is 9.43. The molecule has 0 aromatic heterocycles. The van der Waals surface area contributed by atoms with Gasteiger partial charge in [0, 0.05) is 32.7 Å². The van der Waals surface area contributed by atoms with E-state index in [2.05, 4.69) is 29.0 Å². The van der Waals surface area contributed by atoms with E-state index in [0.717, 1.165) is 51.9 Å². The second-order valence-electron chi connectivity index (χ2n) is 7.79. The van der Waals surface area contributed by atoms with Gasteiger partial charge in [0.25, 0.3) is 0 Å². The van der Waals surface area contributed by atoms with Crippen LogP contribution in [0.1, 0.15) is 52.9 Å². The second-order valence-corrected chi connectivity index (χ2v) is 7.79. The minimum absolute atomic E-state index is 0.0967. The van der Waals surface area contributed by atoms with Gasteiger partial charge in [0.2, 0.25) is 11.8 Å². The number of hydrogen-bond donors (Lipinski definition) is 2. The van der Waals surface area contributed by atoms with Crippen molar-refractivity contribution in [3.05, 3.63) is 0 Å². The summed E-state index contributed by atoms with van der Waals surface area (Å²) in [5.41, 5.74) is 5.33. The average molecular weight is 338 g/mol. The molecule has 6 heteroatoms. The Bertz CT molecular complexity index is 438.